The van der Waals surface area contributed by atoms with Crippen molar-refractivity contribution in [3.8, 4) is 5.75 Å². The molecule has 1 fully saturated rings. The Bertz CT molecular complexity index is 727. The molecule has 126 valence electrons. The number of ether oxygens (including phenoxy) is 1. The average molecular weight is 324 g/mol. The maximum Gasteiger partial charge on any atom is 0.253 e. The van der Waals surface area contributed by atoms with Gasteiger partial charge in [-0.3, -0.25) is 4.79 Å². The lowest BCUT2D eigenvalue weighted by molar-refractivity contribution is 0.0790. The van der Waals surface area contributed by atoms with Gasteiger partial charge in [-0.25, -0.2) is 0 Å². The van der Waals surface area contributed by atoms with Gasteiger partial charge < -0.3 is 14.5 Å². The predicted molar refractivity (Wildman–Crippen MR) is 97.0 cm³/mol. The van der Waals surface area contributed by atoms with Crippen LogP contribution in [-0.2, 0) is 0 Å². The molecule has 1 aliphatic rings. The minimum Gasteiger partial charge on any atom is -0.496 e. The van der Waals surface area contributed by atoms with Crippen LogP contribution in [0, 0.1) is 0 Å². The second-order valence-corrected chi connectivity index (χ2v) is 6.42. The molecule has 1 amide bonds. The molecule has 1 atom stereocenters. The van der Waals surface area contributed by atoms with E-state index in [4.69, 9.17) is 4.74 Å². The molecule has 0 aliphatic carbocycles. The van der Waals surface area contributed by atoms with Crippen LogP contribution in [0.15, 0.2) is 48.5 Å². The van der Waals surface area contributed by atoms with Crippen LogP contribution in [0.5, 0.6) is 5.75 Å². The molecule has 1 heterocycles. The molecule has 2 aromatic rings. The van der Waals surface area contributed by atoms with E-state index >= 15 is 0 Å². The molecule has 1 saturated heterocycles. The number of benzene rings is 2. The molecular weight excluding hydrogens is 300 g/mol. The maximum atomic E-state index is 12.8. The molecule has 0 bridgehead atoms. The number of hydrogen-bond donors (Lipinski definition) is 0. The zero-order chi connectivity index (χ0) is 17.1. The summed E-state index contributed by atoms with van der Waals surface area (Å²) in [5, 5.41) is 0. The van der Waals surface area contributed by atoms with Gasteiger partial charge in [0.25, 0.3) is 5.91 Å². The van der Waals surface area contributed by atoms with E-state index in [0.29, 0.717) is 5.92 Å². The maximum absolute atomic E-state index is 12.8. The second-order valence-electron chi connectivity index (χ2n) is 6.42. The molecule has 0 radical (unpaired) electrons. The van der Waals surface area contributed by atoms with Crippen LogP contribution in [0.4, 0.5) is 5.69 Å². The fourth-order valence-electron chi connectivity index (χ4n) is 3.30. The van der Waals surface area contributed by atoms with Crippen molar-refractivity contribution in [2.75, 3.05) is 39.2 Å². The van der Waals surface area contributed by atoms with Crippen LogP contribution in [0.1, 0.15) is 28.3 Å². The van der Waals surface area contributed by atoms with E-state index in [0.717, 1.165) is 36.5 Å². The van der Waals surface area contributed by atoms with Gasteiger partial charge in [-0.2, -0.15) is 0 Å². The second kappa shape index (κ2) is 6.95. The monoisotopic (exact) mass is 324 g/mol. The summed E-state index contributed by atoms with van der Waals surface area (Å²) in [6, 6.07) is 15.9. The van der Waals surface area contributed by atoms with Crippen molar-refractivity contribution in [2.24, 2.45) is 0 Å². The number of carbonyl (C=O) groups is 1. The van der Waals surface area contributed by atoms with Crippen molar-refractivity contribution in [3.63, 3.8) is 0 Å². The summed E-state index contributed by atoms with van der Waals surface area (Å²) < 4.78 is 5.47. The van der Waals surface area contributed by atoms with Crippen molar-refractivity contribution in [1.82, 2.24) is 4.90 Å². The van der Waals surface area contributed by atoms with Crippen molar-refractivity contribution >= 4 is 11.6 Å². The first kappa shape index (κ1) is 16.4. The minimum absolute atomic E-state index is 0.107. The van der Waals surface area contributed by atoms with Crippen LogP contribution < -0.4 is 9.64 Å². The van der Waals surface area contributed by atoms with Crippen LogP contribution in [0.25, 0.3) is 0 Å². The molecule has 4 heteroatoms. The molecule has 24 heavy (non-hydrogen) atoms. The predicted octanol–water partition coefficient (Wildman–Crippen LogP) is 3.39. The number of amides is 1. The van der Waals surface area contributed by atoms with Crippen molar-refractivity contribution in [2.45, 2.75) is 12.3 Å². The van der Waals surface area contributed by atoms with E-state index in [-0.39, 0.29) is 5.91 Å². The van der Waals surface area contributed by atoms with Gasteiger partial charge in [0.05, 0.1) is 7.11 Å². The van der Waals surface area contributed by atoms with Gasteiger partial charge in [0.15, 0.2) is 0 Å². The van der Waals surface area contributed by atoms with Gasteiger partial charge >= 0.3 is 0 Å². The van der Waals surface area contributed by atoms with E-state index in [1.807, 2.05) is 66.4 Å². The fourth-order valence-corrected chi connectivity index (χ4v) is 3.30. The summed E-state index contributed by atoms with van der Waals surface area (Å²) in [6.45, 7) is 1.53. The third-order valence-electron chi connectivity index (χ3n) is 4.66. The molecule has 2 aromatic carbocycles. The van der Waals surface area contributed by atoms with Gasteiger partial charge in [-0.05, 0) is 36.2 Å². The lowest BCUT2D eigenvalue weighted by atomic mass is 9.97. The molecule has 0 saturated carbocycles. The number of carbonyl (C=O) groups excluding carboxylic acids is 1. The quantitative estimate of drug-likeness (QED) is 0.864. The summed E-state index contributed by atoms with van der Waals surface area (Å²) in [4.78, 5) is 16.8. The van der Waals surface area contributed by atoms with E-state index in [1.54, 1.807) is 7.11 Å². The highest BCUT2D eigenvalue weighted by Gasteiger charge is 2.29. The van der Waals surface area contributed by atoms with Crippen LogP contribution in [-0.4, -0.2) is 45.1 Å². The van der Waals surface area contributed by atoms with E-state index in [9.17, 15) is 4.79 Å². The SMILES string of the molecule is COc1ccccc1C1CCN(C(=O)c2cccc(N(C)C)c2)C1. The lowest BCUT2D eigenvalue weighted by Crippen LogP contribution is -2.28. The molecular formula is C20H24N2O2. The van der Waals surface area contributed by atoms with E-state index < -0.39 is 0 Å². The Balaban J connectivity index is 1.76. The summed E-state index contributed by atoms with van der Waals surface area (Å²) in [7, 11) is 5.66. The summed E-state index contributed by atoms with van der Waals surface area (Å²) in [5.74, 6) is 1.35. The smallest absolute Gasteiger partial charge is 0.253 e. The van der Waals surface area contributed by atoms with Gasteiger partial charge in [0, 0.05) is 44.4 Å². The Hall–Kier alpha value is -2.49. The highest BCUT2D eigenvalue weighted by atomic mass is 16.5. The number of likely N-dealkylation sites (tertiary alicyclic amines) is 1. The van der Waals surface area contributed by atoms with E-state index in [2.05, 4.69) is 6.07 Å². The highest BCUT2D eigenvalue weighted by molar-refractivity contribution is 5.95. The zero-order valence-electron chi connectivity index (χ0n) is 14.5. The number of hydrogen-bond acceptors (Lipinski definition) is 3. The number of rotatable bonds is 4. The normalized spacial score (nSPS) is 17.0. The first-order valence-electron chi connectivity index (χ1n) is 8.29. The number of methoxy groups -OCH3 is 1. The molecule has 1 unspecified atom stereocenters. The van der Waals surface area contributed by atoms with Crippen LogP contribution >= 0.6 is 0 Å². The van der Waals surface area contributed by atoms with Crippen molar-refractivity contribution in [3.05, 3.63) is 59.7 Å². The van der Waals surface area contributed by atoms with Gasteiger partial charge in [-0.1, -0.05) is 24.3 Å². The summed E-state index contributed by atoms with van der Waals surface area (Å²) in [5.41, 5.74) is 2.99. The Morgan fingerprint density at radius 1 is 1.17 bits per heavy atom. The summed E-state index contributed by atoms with van der Waals surface area (Å²) >= 11 is 0. The molecule has 1 aliphatic heterocycles. The third-order valence-corrected chi connectivity index (χ3v) is 4.66. The van der Waals surface area contributed by atoms with Crippen molar-refractivity contribution < 1.29 is 9.53 Å². The Labute approximate surface area is 143 Å². The topological polar surface area (TPSA) is 32.8 Å². The lowest BCUT2D eigenvalue weighted by Gasteiger charge is -2.19. The van der Waals surface area contributed by atoms with Crippen LogP contribution in [0.2, 0.25) is 0 Å². The van der Waals surface area contributed by atoms with Crippen LogP contribution in [0.3, 0.4) is 0 Å². The first-order chi connectivity index (χ1) is 11.6. The third kappa shape index (κ3) is 3.23. The largest absolute Gasteiger partial charge is 0.496 e. The van der Waals surface area contributed by atoms with Crippen molar-refractivity contribution in [1.29, 1.82) is 0 Å². The van der Waals surface area contributed by atoms with E-state index in [1.165, 1.54) is 5.56 Å². The Morgan fingerprint density at radius 3 is 2.71 bits per heavy atom. The van der Waals surface area contributed by atoms with Gasteiger partial charge in [0.1, 0.15) is 5.75 Å². The first-order valence-corrected chi connectivity index (χ1v) is 8.29. The zero-order valence-corrected chi connectivity index (χ0v) is 14.5. The van der Waals surface area contributed by atoms with Gasteiger partial charge in [-0.15, -0.1) is 0 Å². The molecule has 0 N–H and O–H groups in total. The fraction of sp³-hybridized carbons (Fsp3) is 0.350. The molecule has 0 spiro atoms. The molecule has 4 nitrogen and oxygen atoms in total. The number of anilines is 1. The average Bonchev–Trinajstić information content (AvgIpc) is 3.11. The van der Waals surface area contributed by atoms with Gasteiger partial charge in [0.2, 0.25) is 0 Å². The Morgan fingerprint density at radius 2 is 1.96 bits per heavy atom. The number of nitrogens with zero attached hydrogens (tertiary/aromatic N) is 2. The minimum atomic E-state index is 0.107. The Kier molecular flexibility index (Phi) is 4.74. The summed E-state index contributed by atoms with van der Waals surface area (Å²) in [6.07, 6.45) is 0.972. The number of para-hydroxylation sites is 1. The molecule has 0 aromatic heterocycles. The molecule has 3 rings (SSSR count). The standard InChI is InChI=1S/C20H24N2O2/c1-21(2)17-8-6-7-15(13-17)20(23)22-12-11-16(14-22)18-9-4-5-10-19(18)24-3/h4-10,13,16H,11-12,14H2,1-3H3. The highest BCUT2D eigenvalue weighted by Crippen LogP contribution is 2.34.